The molecule has 0 aliphatic rings. The van der Waals surface area contributed by atoms with E-state index in [9.17, 15) is 0 Å². The highest BCUT2D eigenvalue weighted by Crippen LogP contribution is 2.11. The normalized spacial score (nSPS) is 11.5. The summed E-state index contributed by atoms with van der Waals surface area (Å²) in [7, 11) is 0. The van der Waals surface area contributed by atoms with Gasteiger partial charge in [0.05, 0.1) is 6.04 Å². The van der Waals surface area contributed by atoms with Crippen molar-refractivity contribution >= 4 is 5.95 Å². The molecule has 0 aliphatic carbocycles. The highest BCUT2D eigenvalue weighted by Gasteiger charge is 2.10. The lowest BCUT2D eigenvalue weighted by Crippen LogP contribution is -2.07. The number of anilines is 1. The Kier molecular flexibility index (Phi) is 2.90. The van der Waals surface area contributed by atoms with E-state index in [4.69, 9.17) is 5.73 Å². The van der Waals surface area contributed by atoms with E-state index < -0.39 is 0 Å². The molecule has 0 aliphatic heterocycles. The molecule has 0 atom stereocenters. The third-order valence-corrected chi connectivity index (χ3v) is 1.78. The van der Waals surface area contributed by atoms with Crippen LogP contribution in [0.25, 0.3) is 0 Å². The van der Waals surface area contributed by atoms with E-state index in [2.05, 4.69) is 23.9 Å². The molecule has 1 aromatic heterocycles. The van der Waals surface area contributed by atoms with Crippen LogP contribution in [0, 0.1) is 5.92 Å². The lowest BCUT2D eigenvalue weighted by molar-refractivity contribution is 0.525. The molecule has 1 heterocycles. The van der Waals surface area contributed by atoms with Crippen molar-refractivity contribution < 1.29 is 0 Å². The number of aromatic nitrogens is 3. The van der Waals surface area contributed by atoms with Crippen molar-refractivity contribution in [1.82, 2.24) is 14.8 Å². The zero-order valence-electron chi connectivity index (χ0n) is 8.78. The topological polar surface area (TPSA) is 56.7 Å². The lowest BCUT2D eigenvalue weighted by atomic mass is 10.1. The van der Waals surface area contributed by atoms with Crippen LogP contribution in [0.3, 0.4) is 0 Å². The van der Waals surface area contributed by atoms with Gasteiger partial charge in [-0.05, 0) is 19.8 Å². The van der Waals surface area contributed by atoms with Crippen LogP contribution in [0.4, 0.5) is 5.95 Å². The number of hydrogen-bond donors (Lipinski definition) is 1. The van der Waals surface area contributed by atoms with Gasteiger partial charge < -0.3 is 5.73 Å². The maximum absolute atomic E-state index is 5.71. The lowest BCUT2D eigenvalue weighted by Gasteiger charge is -2.04. The van der Waals surface area contributed by atoms with Crippen molar-refractivity contribution in [3.05, 3.63) is 5.82 Å². The first-order valence-corrected chi connectivity index (χ1v) is 4.71. The highest BCUT2D eigenvalue weighted by atomic mass is 15.4. The van der Waals surface area contributed by atoms with Gasteiger partial charge in [-0.3, -0.25) is 0 Å². The van der Waals surface area contributed by atoms with Crippen LogP contribution >= 0.6 is 0 Å². The molecule has 0 fully saturated rings. The molecule has 13 heavy (non-hydrogen) atoms. The molecular weight excluding hydrogens is 164 g/mol. The van der Waals surface area contributed by atoms with Gasteiger partial charge in [0.15, 0.2) is 5.82 Å². The van der Waals surface area contributed by atoms with Gasteiger partial charge in [0, 0.05) is 6.42 Å². The Hall–Kier alpha value is -1.06. The summed E-state index contributed by atoms with van der Waals surface area (Å²) in [5.74, 6) is 1.94. The quantitative estimate of drug-likeness (QED) is 0.773. The van der Waals surface area contributed by atoms with Crippen LogP contribution in [0.15, 0.2) is 0 Å². The molecule has 4 nitrogen and oxygen atoms in total. The van der Waals surface area contributed by atoms with E-state index in [1.807, 2.05) is 13.8 Å². The van der Waals surface area contributed by atoms with E-state index in [0.717, 1.165) is 12.2 Å². The van der Waals surface area contributed by atoms with Crippen LogP contribution in [-0.2, 0) is 6.42 Å². The fraction of sp³-hybridized carbons (Fsp3) is 0.778. The predicted molar refractivity (Wildman–Crippen MR) is 53.4 cm³/mol. The predicted octanol–water partition coefficient (Wildman–Crippen LogP) is 1.64. The van der Waals surface area contributed by atoms with Gasteiger partial charge in [0.25, 0.3) is 0 Å². The van der Waals surface area contributed by atoms with Crippen LogP contribution in [-0.4, -0.2) is 14.8 Å². The number of hydrogen-bond acceptors (Lipinski definition) is 3. The molecule has 74 valence electrons. The van der Waals surface area contributed by atoms with Gasteiger partial charge in [-0.15, -0.1) is 0 Å². The summed E-state index contributed by atoms with van der Waals surface area (Å²) in [6.45, 7) is 8.38. The molecule has 0 radical (unpaired) electrons. The Morgan fingerprint density at radius 1 is 1.31 bits per heavy atom. The Morgan fingerprint density at radius 3 is 2.31 bits per heavy atom. The molecule has 0 aromatic carbocycles. The molecule has 0 unspecified atom stereocenters. The van der Waals surface area contributed by atoms with Crippen molar-refractivity contribution in [3.8, 4) is 0 Å². The van der Waals surface area contributed by atoms with Gasteiger partial charge in [0.2, 0.25) is 5.95 Å². The SMILES string of the molecule is CC(C)Cc1nc(N)n(C(C)C)n1. The minimum atomic E-state index is 0.286. The van der Waals surface area contributed by atoms with Crippen LogP contribution < -0.4 is 5.73 Å². The maximum atomic E-state index is 5.71. The van der Waals surface area contributed by atoms with E-state index in [1.54, 1.807) is 4.68 Å². The first-order chi connectivity index (χ1) is 6.00. The third kappa shape index (κ3) is 2.44. The van der Waals surface area contributed by atoms with Gasteiger partial charge in [-0.2, -0.15) is 10.1 Å². The minimum absolute atomic E-state index is 0.286. The molecular formula is C9H18N4. The summed E-state index contributed by atoms with van der Waals surface area (Å²) in [4.78, 5) is 4.20. The summed E-state index contributed by atoms with van der Waals surface area (Å²) in [6, 6.07) is 0.286. The van der Waals surface area contributed by atoms with Crippen molar-refractivity contribution in [2.24, 2.45) is 5.92 Å². The summed E-state index contributed by atoms with van der Waals surface area (Å²) in [6.07, 6.45) is 0.893. The number of rotatable bonds is 3. The van der Waals surface area contributed by atoms with Gasteiger partial charge in [0.1, 0.15) is 0 Å². The van der Waals surface area contributed by atoms with Gasteiger partial charge >= 0.3 is 0 Å². The van der Waals surface area contributed by atoms with Crippen LogP contribution in [0.5, 0.6) is 0 Å². The summed E-state index contributed by atoms with van der Waals surface area (Å²) in [5, 5.41) is 4.33. The third-order valence-electron chi connectivity index (χ3n) is 1.78. The van der Waals surface area contributed by atoms with E-state index >= 15 is 0 Å². The molecule has 0 saturated heterocycles. The Bertz CT molecular complexity index is 275. The van der Waals surface area contributed by atoms with Crippen molar-refractivity contribution in [2.75, 3.05) is 5.73 Å². The zero-order valence-corrected chi connectivity index (χ0v) is 8.78. The van der Waals surface area contributed by atoms with E-state index in [1.165, 1.54) is 0 Å². The number of nitrogen functional groups attached to an aromatic ring is 1. The average Bonchev–Trinajstić information content (AvgIpc) is 2.29. The fourth-order valence-corrected chi connectivity index (χ4v) is 1.21. The van der Waals surface area contributed by atoms with Crippen LogP contribution in [0.1, 0.15) is 39.6 Å². The monoisotopic (exact) mass is 182 g/mol. The molecule has 0 spiro atoms. The van der Waals surface area contributed by atoms with Crippen LogP contribution in [0.2, 0.25) is 0 Å². The first-order valence-electron chi connectivity index (χ1n) is 4.71. The number of nitrogens with two attached hydrogens (primary N) is 1. The first kappa shape index (κ1) is 10.0. The average molecular weight is 182 g/mol. The molecule has 0 amide bonds. The second-order valence-electron chi connectivity index (χ2n) is 4.02. The molecule has 1 aromatic rings. The summed E-state index contributed by atoms with van der Waals surface area (Å²) < 4.78 is 1.76. The summed E-state index contributed by atoms with van der Waals surface area (Å²) >= 11 is 0. The smallest absolute Gasteiger partial charge is 0.218 e. The Morgan fingerprint density at radius 2 is 1.92 bits per heavy atom. The fourth-order valence-electron chi connectivity index (χ4n) is 1.21. The Labute approximate surface area is 79.2 Å². The van der Waals surface area contributed by atoms with E-state index in [0.29, 0.717) is 11.9 Å². The highest BCUT2D eigenvalue weighted by molar-refractivity contribution is 5.16. The molecule has 2 N–H and O–H groups in total. The second kappa shape index (κ2) is 3.77. The summed E-state index contributed by atoms with van der Waals surface area (Å²) in [5.41, 5.74) is 5.71. The largest absolute Gasteiger partial charge is 0.368 e. The van der Waals surface area contributed by atoms with E-state index in [-0.39, 0.29) is 6.04 Å². The molecule has 0 bridgehead atoms. The second-order valence-corrected chi connectivity index (χ2v) is 4.02. The number of nitrogens with zero attached hydrogens (tertiary/aromatic N) is 3. The minimum Gasteiger partial charge on any atom is -0.368 e. The van der Waals surface area contributed by atoms with Gasteiger partial charge in [-0.1, -0.05) is 13.8 Å². The van der Waals surface area contributed by atoms with Gasteiger partial charge in [-0.25, -0.2) is 4.68 Å². The van der Waals surface area contributed by atoms with Crippen molar-refractivity contribution in [1.29, 1.82) is 0 Å². The molecule has 0 saturated carbocycles. The Balaban J connectivity index is 2.82. The zero-order chi connectivity index (χ0) is 10.0. The van der Waals surface area contributed by atoms with Crippen molar-refractivity contribution in [3.63, 3.8) is 0 Å². The van der Waals surface area contributed by atoms with Crippen molar-refractivity contribution in [2.45, 2.75) is 40.2 Å². The molecule has 1 rings (SSSR count). The standard InChI is InChI=1S/C9H18N4/c1-6(2)5-8-11-9(10)13(12-8)7(3)4/h6-7H,5H2,1-4H3,(H2,10,11,12). The maximum Gasteiger partial charge on any atom is 0.218 e. The molecule has 4 heteroatoms.